The molecule has 0 aromatic carbocycles. The summed E-state index contributed by atoms with van der Waals surface area (Å²) in [5.41, 5.74) is 0. The molecular formula is C48H83NO5. The van der Waals surface area contributed by atoms with E-state index in [0.29, 0.717) is 12.8 Å². The summed E-state index contributed by atoms with van der Waals surface area (Å²) in [6.45, 7) is 4.11. The Bertz CT molecular complexity index is 1010. The minimum atomic E-state index is -1.02. The Labute approximate surface area is 332 Å². The molecule has 310 valence electrons. The first-order valence-electron chi connectivity index (χ1n) is 22.4. The number of esters is 1. The van der Waals surface area contributed by atoms with Crippen LogP contribution in [-0.2, 0) is 19.1 Å². The number of ether oxygens (including phenoxy) is 1. The summed E-state index contributed by atoms with van der Waals surface area (Å²) in [4.78, 5) is 35.1. The summed E-state index contributed by atoms with van der Waals surface area (Å²) >= 11 is 0. The molecule has 1 amide bonds. The molecule has 0 aliphatic carbocycles. The van der Waals surface area contributed by atoms with Gasteiger partial charge in [0.2, 0.25) is 5.91 Å². The Balaban J connectivity index is 4.15. The van der Waals surface area contributed by atoms with Crippen molar-refractivity contribution >= 4 is 17.8 Å². The summed E-state index contributed by atoms with van der Waals surface area (Å²) in [5.74, 6) is -1.25. The van der Waals surface area contributed by atoms with Crippen LogP contribution in [0.15, 0.2) is 60.8 Å². The second-order valence-electron chi connectivity index (χ2n) is 14.9. The molecule has 0 rings (SSSR count). The number of unbranched alkanes of at least 4 members (excludes halogenated alkanes) is 19. The van der Waals surface area contributed by atoms with Gasteiger partial charge < -0.3 is 15.2 Å². The maximum Gasteiger partial charge on any atom is 0.322 e. The number of allylic oxidation sites excluding steroid dienone is 10. The molecule has 6 nitrogen and oxygen atoms in total. The molecular weight excluding hydrogens is 671 g/mol. The number of hydrogen-bond acceptors (Lipinski definition) is 4. The molecule has 1 atom stereocenters. The molecule has 54 heavy (non-hydrogen) atoms. The summed E-state index contributed by atoms with van der Waals surface area (Å²) in [6.07, 6.45) is 56.3. The zero-order chi connectivity index (χ0) is 39.4. The van der Waals surface area contributed by atoms with Crippen LogP contribution in [-0.4, -0.2) is 35.6 Å². The van der Waals surface area contributed by atoms with Gasteiger partial charge in [0.25, 0.3) is 0 Å². The first kappa shape index (κ1) is 51.1. The van der Waals surface area contributed by atoms with E-state index >= 15 is 0 Å². The van der Waals surface area contributed by atoms with Gasteiger partial charge in [-0.1, -0.05) is 177 Å². The van der Waals surface area contributed by atoms with Gasteiger partial charge in [-0.3, -0.25) is 14.4 Å². The van der Waals surface area contributed by atoms with E-state index < -0.39 is 5.97 Å². The van der Waals surface area contributed by atoms with Gasteiger partial charge in [-0.05, 0) is 83.5 Å². The predicted octanol–water partition coefficient (Wildman–Crippen LogP) is 14.0. The topological polar surface area (TPSA) is 92.7 Å². The number of nitrogens with one attached hydrogen (secondary N) is 1. The third-order valence-electron chi connectivity index (χ3n) is 9.70. The van der Waals surface area contributed by atoms with Crippen molar-refractivity contribution in [2.24, 2.45) is 0 Å². The van der Waals surface area contributed by atoms with Crippen LogP contribution in [0, 0.1) is 0 Å². The van der Waals surface area contributed by atoms with Gasteiger partial charge in [-0.15, -0.1) is 0 Å². The predicted molar refractivity (Wildman–Crippen MR) is 231 cm³/mol. The van der Waals surface area contributed by atoms with Gasteiger partial charge in [0.1, 0.15) is 12.6 Å². The van der Waals surface area contributed by atoms with E-state index in [1.807, 2.05) is 0 Å². The van der Waals surface area contributed by atoms with Crippen molar-refractivity contribution in [2.45, 2.75) is 219 Å². The number of carboxylic acid groups (broad SMARTS) is 1. The molecule has 2 N–H and O–H groups in total. The number of carbonyl (C=O) groups is 3. The van der Waals surface area contributed by atoms with Gasteiger partial charge in [-0.2, -0.15) is 0 Å². The zero-order valence-corrected chi connectivity index (χ0v) is 35.1. The van der Waals surface area contributed by atoms with Gasteiger partial charge in [-0.25, -0.2) is 0 Å². The molecule has 0 aromatic heterocycles. The normalized spacial score (nSPS) is 12.6. The lowest BCUT2D eigenvalue weighted by atomic mass is 10.0. The average Bonchev–Trinajstić information content (AvgIpc) is 3.16. The monoisotopic (exact) mass is 754 g/mol. The quantitative estimate of drug-likeness (QED) is 0.0369. The van der Waals surface area contributed by atoms with Crippen LogP contribution >= 0.6 is 0 Å². The second kappa shape index (κ2) is 42.8. The van der Waals surface area contributed by atoms with Crippen molar-refractivity contribution < 1.29 is 24.2 Å². The van der Waals surface area contributed by atoms with Crippen LogP contribution in [0.1, 0.15) is 213 Å². The van der Waals surface area contributed by atoms with Crippen molar-refractivity contribution in [1.29, 1.82) is 0 Å². The summed E-state index contributed by atoms with van der Waals surface area (Å²) in [5, 5.41) is 11.1. The van der Waals surface area contributed by atoms with Crippen molar-refractivity contribution in [2.75, 3.05) is 6.54 Å². The molecule has 0 aliphatic rings. The Hall–Kier alpha value is -2.89. The lowest BCUT2D eigenvalue weighted by Crippen LogP contribution is -2.28. The highest BCUT2D eigenvalue weighted by atomic mass is 16.5. The largest absolute Gasteiger partial charge is 0.480 e. The molecule has 0 saturated heterocycles. The standard InChI is InChI=1S/C48H83NO5/c1-3-5-7-9-11-13-15-16-17-18-19-20-21-22-23-24-26-28-30-35-39-43-48(53)54-45(40-36-32-29-27-25-14-12-10-8-6-4-2)41-37-33-31-34-38-42-46(50)49-44-47(51)52/h5,7,11,13,16-17,19-20,22-23,45H,3-4,6,8-10,12,14-15,18,21,24-44H2,1-2H3,(H,49,50)(H,51,52)/b7-5-,13-11-,17-16-,20-19-,23-22-. The molecule has 0 fully saturated rings. The lowest BCUT2D eigenvalue weighted by Gasteiger charge is -2.18. The van der Waals surface area contributed by atoms with E-state index in [4.69, 9.17) is 9.84 Å². The zero-order valence-electron chi connectivity index (χ0n) is 35.1. The van der Waals surface area contributed by atoms with Crippen LogP contribution in [0.25, 0.3) is 0 Å². The highest BCUT2D eigenvalue weighted by molar-refractivity contribution is 5.80. The third-order valence-corrected chi connectivity index (χ3v) is 9.70. The number of hydrogen-bond donors (Lipinski definition) is 2. The molecule has 1 unspecified atom stereocenters. The van der Waals surface area contributed by atoms with Crippen LogP contribution in [0.2, 0.25) is 0 Å². The van der Waals surface area contributed by atoms with Crippen LogP contribution in [0.5, 0.6) is 0 Å². The highest BCUT2D eigenvalue weighted by Crippen LogP contribution is 2.19. The van der Waals surface area contributed by atoms with Crippen LogP contribution < -0.4 is 5.32 Å². The van der Waals surface area contributed by atoms with Crippen molar-refractivity contribution in [1.82, 2.24) is 5.32 Å². The van der Waals surface area contributed by atoms with E-state index in [9.17, 15) is 14.4 Å². The van der Waals surface area contributed by atoms with E-state index in [2.05, 4.69) is 79.9 Å². The van der Waals surface area contributed by atoms with Gasteiger partial charge in [0.15, 0.2) is 0 Å². The second-order valence-corrected chi connectivity index (χ2v) is 14.9. The van der Waals surface area contributed by atoms with Gasteiger partial charge >= 0.3 is 11.9 Å². The van der Waals surface area contributed by atoms with E-state index in [0.717, 1.165) is 103 Å². The van der Waals surface area contributed by atoms with E-state index in [-0.39, 0.29) is 24.5 Å². The molecule has 0 bridgehead atoms. The fraction of sp³-hybridized carbons (Fsp3) is 0.729. The molecule has 0 spiro atoms. The fourth-order valence-electron chi connectivity index (χ4n) is 6.42. The Morgan fingerprint density at radius 3 is 1.39 bits per heavy atom. The van der Waals surface area contributed by atoms with Crippen molar-refractivity contribution in [3.63, 3.8) is 0 Å². The lowest BCUT2D eigenvalue weighted by molar-refractivity contribution is -0.150. The Morgan fingerprint density at radius 1 is 0.500 bits per heavy atom. The van der Waals surface area contributed by atoms with Crippen LogP contribution in [0.3, 0.4) is 0 Å². The number of amides is 1. The highest BCUT2D eigenvalue weighted by Gasteiger charge is 2.14. The average molecular weight is 754 g/mol. The first-order chi connectivity index (χ1) is 26.5. The van der Waals surface area contributed by atoms with Crippen LogP contribution in [0.4, 0.5) is 0 Å². The van der Waals surface area contributed by atoms with E-state index in [1.165, 1.54) is 83.5 Å². The Kier molecular flexibility index (Phi) is 40.6. The molecule has 6 heteroatoms. The molecule has 0 radical (unpaired) electrons. The maximum atomic E-state index is 12.8. The minimum Gasteiger partial charge on any atom is -0.480 e. The van der Waals surface area contributed by atoms with Gasteiger partial charge in [0.05, 0.1) is 0 Å². The smallest absolute Gasteiger partial charge is 0.322 e. The first-order valence-corrected chi connectivity index (χ1v) is 22.4. The molecule has 0 aliphatic heterocycles. The number of aliphatic carboxylic acids is 1. The Morgan fingerprint density at radius 2 is 0.907 bits per heavy atom. The summed E-state index contributed by atoms with van der Waals surface area (Å²) in [6, 6.07) is 0. The summed E-state index contributed by atoms with van der Waals surface area (Å²) in [7, 11) is 0. The molecule has 0 heterocycles. The summed E-state index contributed by atoms with van der Waals surface area (Å²) < 4.78 is 6.03. The number of carboxylic acids is 1. The third kappa shape index (κ3) is 41.9. The number of rotatable bonds is 40. The van der Waals surface area contributed by atoms with Gasteiger partial charge in [0, 0.05) is 12.8 Å². The molecule has 0 saturated carbocycles. The number of carbonyl (C=O) groups excluding carboxylic acids is 2. The van der Waals surface area contributed by atoms with E-state index in [1.54, 1.807) is 0 Å². The maximum absolute atomic E-state index is 12.8. The molecule has 0 aromatic rings. The fourth-order valence-corrected chi connectivity index (χ4v) is 6.42. The minimum absolute atomic E-state index is 0.0151. The van der Waals surface area contributed by atoms with Crippen molar-refractivity contribution in [3.8, 4) is 0 Å². The van der Waals surface area contributed by atoms with Crippen molar-refractivity contribution in [3.05, 3.63) is 60.8 Å². The SMILES string of the molecule is CC/C=C\C/C=C\C/C=C\C/C=C\C/C=C\CCCCCCCC(=O)OC(CCCCCCCCCCCCC)CCCCCCCC(=O)NCC(=O)O.